The van der Waals surface area contributed by atoms with Crippen LogP contribution in [0, 0.1) is 0 Å². The Balaban J connectivity index is 1.27. The lowest BCUT2D eigenvalue weighted by molar-refractivity contribution is 0.112. The molecule has 5 rings (SSSR count). The molecule has 1 saturated heterocycles. The van der Waals surface area contributed by atoms with E-state index in [2.05, 4.69) is 41.9 Å². The number of fused-ring (bicyclic) bond motifs is 2. The molecule has 0 radical (unpaired) electrons. The fourth-order valence-electron chi connectivity index (χ4n) is 4.15. The highest BCUT2D eigenvalue weighted by atomic mass is 32.1. The molecule has 5 heterocycles. The number of hydrogen-bond donors (Lipinski definition) is 0. The Labute approximate surface area is 175 Å². The van der Waals surface area contributed by atoms with Crippen LogP contribution in [0.3, 0.4) is 0 Å². The van der Waals surface area contributed by atoms with Crippen molar-refractivity contribution in [3.8, 4) is 0 Å². The van der Waals surface area contributed by atoms with Crippen molar-refractivity contribution in [1.29, 1.82) is 0 Å². The Morgan fingerprint density at radius 3 is 2.76 bits per heavy atom. The molecule has 0 aromatic carbocycles. The summed E-state index contributed by atoms with van der Waals surface area (Å²) in [6, 6.07) is 4.10. The van der Waals surface area contributed by atoms with E-state index in [4.69, 9.17) is 14.8 Å². The molecule has 0 bridgehead atoms. The molecule has 0 amide bonds. The molecule has 0 saturated carbocycles. The van der Waals surface area contributed by atoms with Gasteiger partial charge >= 0.3 is 0 Å². The van der Waals surface area contributed by atoms with Crippen LogP contribution in [0.4, 0.5) is 0 Å². The maximum atomic E-state index is 5.55. The summed E-state index contributed by atoms with van der Waals surface area (Å²) in [5.41, 5.74) is 3.17. The smallest absolute Gasteiger partial charge is 0.177 e. The highest BCUT2D eigenvalue weighted by Crippen LogP contribution is 2.30. The van der Waals surface area contributed by atoms with E-state index in [0.717, 1.165) is 69.3 Å². The maximum Gasteiger partial charge on any atom is 0.177 e. The molecule has 29 heavy (non-hydrogen) atoms. The summed E-state index contributed by atoms with van der Waals surface area (Å²) in [5.74, 6) is 1.41. The topological polar surface area (TPSA) is 68.4 Å². The van der Waals surface area contributed by atoms with Crippen LogP contribution in [0.25, 0.3) is 5.65 Å². The van der Waals surface area contributed by atoms with Crippen molar-refractivity contribution in [2.24, 2.45) is 0 Å². The van der Waals surface area contributed by atoms with Gasteiger partial charge in [-0.15, -0.1) is 21.5 Å². The van der Waals surface area contributed by atoms with Gasteiger partial charge in [0, 0.05) is 17.8 Å². The van der Waals surface area contributed by atoms with E-state index >= 15 is 0 Å². The number of likely N-dealkylation sites (tertiary alicyclic amines) is 1. The molecule has 3 aromatic rings. The van der Waals surface area contributed by atoms with Crippen molar-refractivity contribution < 1.29 is 4.74 Å². The molecular weight excluding hydrogens is 384 g/mol. The van der Waals surface area contributed by atoms with Crippen LogP contribution >= 0.6 is 11.3 Å². The average molecular weight is 413 g/mol. The lowest BCUT2D eigenvalue weighted by atomic mass is 9.92. The minimum Gasteiger partial charge on any atom is -0.375 e. The van der Waals surface area contributed by atoms with Crippen LogP contribution in [0.5, 0.6) is 0 Å². The van der Waals surface area contributed by atoms with Gasteiger partial charge in [0.2, 0.25) is 0 Å². The Hall–Kier alpha value is -1.90. The SMILES string of the molecule is CC(C)(C)c1ccc2nnc(C3CCN(Cc4nc5c(s4)COCC5)CC3)n2n1. The second-order valence-electron chi connectivity index (χ2n) is 9.13. The number of ether oxygens (including phenoxy) is 1. The predicted molar refractivity (Wildman–Crippen MR) is 112 cm³/mol. The van der Waals surface area contributed by atoms with Gasteiger partial charge < -0.3 is 4.74 Å². The van der Waals surface area contributed by atoms with Crippen LogP contribution in [-0.2, 0) is 29.7 Å². The average Bonchev–Trinajstić information content (AvgIpc) is 3.31. The summed E-state index contributed by atoms with van der Waals surface area (Å²) in [6.07, 6.45) is 3.12. The second kappa shape index (κ2) is 7.41. The molecule has 7 nitrogen and oxygen atoms in total. The first kappa shape index (κ1) is 19.1. The van der Waals surface area contributed by atoms with Crippen molar-refractivity contribution >= 4 is 17.0 Å². The van der Waals surface area contributed by atoms with Crippen LogP contribution in [-0.4, -0.2) is 49.4 Å². The van der Waals surface area contributed by atoms with Gasteiger partial charge in [-0.3, -0.25) is 4.90 Å². The van der Waals surface area contributed by atoms with Gasteiger partial charge in [-0.05, 0) is 38.1 Å². The molecule has 0 N–H and O–H groups in total. The van der Waals surface area contributed by atoms with E-state index in [-0.39, 0.29) is 5.41 Å². The van der Waals surface area contributed by atoms with Crippen molar-refractivity contribution in [2.45, 2.75) is 64.5 Å². The summed E-state index contributed by atoms with van der Waals surface area (Å²) >= 11 is 1.82. The molecule has 0 spiro atoms. The predicted octanol–water partition coefficient (Wildman–Crippen LogP) is 3.33. The molecule has 0 atom stereocenters. The third kappa shape index (κ3) is 3.81. The van der Waals surface area contributed by atoms with E-state index < -0.39 is 0 Å². The zero-order chi connectivity index (χ0) is 20.0. The molecule has 0 unspecified atom stereocenters. The Kier molecular flexibility index (Phi) is 4.88. The first-order valence-electron chi connectivity index (χ1n) is 10.5. The van der Waals surface area contributed by atoms with E-state index in [1.807, 2.05) is 21.9 Å². The van der Waals surface area contributed by atoms with E-state index in [1.165, 1.54) is 15.6 Å². The molecule has 0 aliphatic carbocycles. The van der Waals surface area contributed by atoms with Gasteiger partial charge in [0.05, 0.1) is 36.0 Å². The Bertz CT molecular complexity index is 989. The lowest BCUT2D eigenvalue weighted by Gasteiger charge is -2.30. The number of aromatic nitrogens is 5. The molecule has 2 aliphatic rings. The van der Waals surface area contributed by atoms with Crippen LogP contribution in [0.2, 0.25) is 0 Å². The molecule has 1 fully saturated rings. The second-order valence-corrected chi connectivity index (χ2v) is 10.3. The number of rotatable bonds is 3. The minimum atomic E-state index is 0.0109. The van der Waals surface area contributed by atoms with Crippen LogP contribution < -0.4 is 0 Å². The molecule has 8 heteroatoms. The fraction of sp³-hybridized carbons (Fsp3) is 0.619. The van der Waals surface area contributed by atoms with Crippen molar-refractivity contribution in [3.05, 3.63) is 39.2 Å². The zero-order valence-corrected chi connectivity index (χ0v) is 18.2. The fourth-order valence-corrected chi connectivity index (χ4v) is 5.24. The number of piperidine rings is 1. The summed E-state index contributed by atoms with van der Waals surface area (Å²) in [4.78, 5) is 8.68. The molecule has 2 aliphatic heterocycles. The monoisotopic (exact) mass is 412 g/mol. The largest absolute Gasteiger partial charge is 0.375 e. The Morgan fingerprint density at radius 2 is 2.00 bits per heavy atom. The van der Waals surface area contributed by atoms with Gasteiger partial charge in [-0.1, -0.05) is 20.8 Å². The van der Waals surface area contributed by atoms with Crippen LogP contribution in [0.15, 0.2) is 12.1 Å². The van der Waals surface area contributed by atoms with Gasteiger partial charge in [-0.2, -0.15) is 9.61 Å². The number of thiazole rings is 1. The summed E-state index contributed by atoms with van der Waals surface area (Å²) < 4.78 is 7.52. The minimum absolute atomic E-state index is 0.0109. The summed E-state index contributed by atoms with van der Waals surface area (Å²) in [5, 5.41) is 14.9. The van der Waals surface area contributed by atoms with E-state index in [0.29, 0.717) is 5.92 Å². The van der Waals surface area contributed by atoms with Crippen molar-refractivity contribution in [3.63, 3.8) is 0 Å². The Morgan fingerprint density at radius 1 is 1.17 bits per heavy atom. The van der Waals surface area contributed by atoms with E-state index in [9.17, 15) is 0 Å². The van der Waals surface area contributed by atoms with Gasteiger partial charge in [0.25, 0.3) is 0 Å². The third-order valence-corrected chi connectivity index (χ3v) is 6.96. The van der Waals surface area contributed by atoms with Gasteiger partial charge in [0.1, 0.15) is 5.01 Å². The van der Waals surface area contributed by atoms with Crippen LogP contribution in [0.1, 0.15) is 66.6 Å². The molecular formula is C21H28N6OS. The quantitative estimate of drug-likeness (QED) is 0.657. The van der Waals surface area contributed by atoms with Crippen molar-refractivity contribution in [2.75, 3.05) is 19.7 Å². The number of hydrogen-bond acceptors (Lipinski definition) is 7. The highest BCUT2D eigenvalue weighted by Gasteiger charge is 2.27. The number of nitrogens with zero attached hydrogens (tertiary/aromatic N) is 6. The summed E-state index contributed by atoms with van der Waals surface area (Å²) in [7, 11) is 0. The first-order valence-corrected chi connectivity index (χ1v) is 11.3. The normalized spacial score (nSPS) is 19.0. The lowest BCUT2D eigenvalue weighted by Crippen LogP contribution is -2.33. The highest BCUT2D eigenvalue weighted by molar-refractivity contribution is 7.11. The molecule has 3 aromatic heterocycles. The molecule has 154 valence electrons. The first-order chi connectivity index (χ1) is 14.0. The third-order valence-electron chi connectivity index (χ3n) is 5.91. The van der Waals surface area contributed by atoms with E-state index in [1.54, 1.807) is 0 Å². The standard InChI is InChI=1S/C21H28N6OS/c1-21(2,3)17-4-5-18-23-24-20(27(18)25-17)14-6-9-26(10-7-14)12-19-22-15-8-11-28-13-16(15)29-19/h4-5,14H,6-13H2,1-3H3. The maximum absolute atomic E-state index is 5.55. The van der Waals surface area contributed by atoms with Gasteiger partial charge in [-0.25, -0.2) is 4.98 Å². The zero-order valence-electron chi connectivity index (χ0n) is 17.4. The van der Waals surface area contributed by atoms with Gasteiger partial charge in [0.15, 0.2) is 11.5 Å². The summed E-state index contributed by atoms with van der Waals surface area (Å²) in [6.45, 7) is 11.2. The van der Waals surface area contributed by atoms with Crippen molar-refractivity contribution in [1.82, 2.24) is 29.7 Å².